The van der Waals surface area contributed by atoms with Gasteiger partial charge >= 0.3 is 12.1 Å². The molecule has 0 radical (unpaired) electrons. The van der Waals surface area contributed by atoms with Crippen LogP contribution >= 0.6 is 0 Å². The number of ether oxygens (including phenoxy) is 2. The van der Waals surface area contributed by atoms with Crippen LogP contribution in [-0.4, -0.2) is 19.2 Å². The summed E-state index contributed by atoms with van der Waals surface area (Å²) in [5, 5.41) is 0. The summed E-state index contributed by atoms with van der Waals surface area (Å²) in [6.45, 7) is 4.59. The maximum Gasteiger partial charge on any atom is 0.416 e. The first-order valence-corrected chi connectivity index (χ1v) is 9.40. The fourth-order valence-electron chi connectivity index (χ4n) is 2.88. The summed E-state index contributed by atoms with van der Waals surface area (Å²) in [6, 6.07) is 12.2. The van der Waals surface area contributed by atoms with Crippen LogP contribution in [0.2, 0.25) is 0 Å². The quantitative estimate of drug-likeness (QED) is 0.388. The number of benzene rings is 2. The molecule has 0 N–H and O–H groups in total. The van der Waals surface area contributed by atoms with Crippen molar-refractivity contribution < 1.29 is 27.4 Å². The van der Waals surface area contributed by atoms with Gasteiger partial charge in [-0.15, -0.1) is 0 Å². The molecule has 2 rings (SSSR count). The van der Waals surface area contributed by atoms with Crippen molar-refractivity contribution in [3.63, 3.8) is 0 Å². The Hall–Kier alpha value is -2.50. The van der Waals surface area contributed by atoms with Crippen LogP contribution in [0.3, 0.4) is 0 Å². The second-order valence-electron chi connectivity index (χ2n) is 6.46. The van der Waals surface area contributed by atoms with E-state index in [2.05, 4.69) is 6.92 Å². The first-order valence-electron chi connectivity index (χ1n) is 9.40. The topological polar surface area (TPSA) is 35.5 Å². The van der Waals surface area contributed by atoms with Crippen LogP contribution in [-0.2, 0) is 15.7 Å². The van der Waals surface area contributed by atoms with E-state index in [9.17, 15) is 18.0 Å². The number of alkyl halides is 3. The summed E-state index contributed by atoms with van der Waals surface area (Å²) < 4.78 is 50.0. The number of carbonyl (C=O) groups is 1. The van der Waals surface area contributed by atoms with E-state index in [1.54, 1.807) is 37.3 Å². The predicted molar refractivity (Wildman–Crippen MR) is 101 cm³/mol. The van der Waals surface area contributed by atoms with Crippen LogP contribution in [0.15, 0.2) is 48.5 Å². The van der Waals surface area contributed by atoms with Crippen LogP contribution < -0.4 is 4.74 Å². The first kappa shape index (κ1) is 21.8. The fraction of sp³-hybridized carbons (Fsp3) is 0.409. The lowest BCUT2D eigenvalue weighted by molar-refractivity contribution is -0.143. The minimum absolute atomic E-state index is 0.0365. The Bertz CT molecular complexity index is 754. The summed E-state index contributed by atoms with van der Waals surface area (Å²) >= 11 is 0. The van der Waals surface area contributed by atoms with Crippen LogP contribution in [0, 0.1) is 0 Å². The van der Waals surface area contributed by atoms with Crippen molar-refractivity contribution in [3.05, 3.63) is 65.2 Å². The molecule has 0 fully saturated rings. The molecule has 6 heteroatoms. The molecule has 0 saturated carbocycles. The van der Waals surface area contributed by atoms with E-state index in [4.69, 9.17) is 9.47 Å². The van der Waals surface area contributed by atoms with Crippen molar-refractivity contribution in [2.24, 2.45) is 0 Å². The summed E-state index contributed by atoms with van der Waals surface area (Å²) in [4.78, 5) is 12.1. The zero-order valence-corrected chi connectivity index (χ0v) is 16.1. The van der Waals surface area contributed by atoms with Gasteiger partial charge in [0.2, 0.25) is 0 Å². The van der Waals surface area contributed by atoms with Crippen molar-refractivity contribution in [1.82, 2.24) is 0 Å². The third-order valence-corrected chi connectivity index (χ3v) is 4.34. The summed E-state index contributed by atoms with van der Waals surface area (Å²) in [5.74, 6) is -0.296. The van der Waals surface area contributed by atoms with Gasteiger partial charge in [-0.2, -0.15) is 13.2 Å². The number of rotatable bonds is 9. The van der Waals surface area contributed by atoms with Crippen LogP contribution in [0.5, 0.6) is 5.75 Å². The predicted octanol–water partition coefficient (Wildman–Crippen LogP) is 5.97. The van der Waals surface area contributed by atoms with Crippen LogP contribution in [0.1, 0.15) is 55.7 Å². The third-order valence-electron chi connectivity index (χ3n) is 4.34. The third kappa shape index (κ3) is 6.29. The number of unbranched alkanes of at least 4 members (excludes halogenated alkanes) is 1. The van der Waals surface area contributed by atoms with Crippen molar-refractivity contribution >= 4 is 5.97 Å². The lowest BCUT2D eigenvalue weighted by atomic mass is 9.87. The molecule has 2 aromatic carbocycles. The molecule has 1 unspecified atom stereocenters. The van der Waals surface area contributed by atoms with Gasteiger partial charge in [-0.3, -0.25) is 4.79 Å². The highest BCUT2D eigenvalue weighted by Gasteiger charge is 2.31. The molecular weight excluding hydrogens is 369 g/mol. The maximum atomic E-state index is 13.1. The van der Waals surface area contributed by atoms with E-state index < -0.39 is 23.6 Å². The van der Waals surface area contributed by atoms with Gasteiger partial charge < -0.3 is 9.47 Å². The Morgan fingerprint density at radius 1 is 1.04 bits per heavy atom. The van der Waals surface area contributed by atoms with Crippen molar-refractivity contribution in [3.8, 4) is 5.75 Å². The molecular formula is C22H25F3O3. The van der Waals surface area contributed by atoms with Crippen molar-refractivity contribution in [1.29, 1.82) is 0 Å². The van der Waals surface area contributed by atoms with Gasteiger partial charge in [-0.25, -0.2) is 0 Å². The van der Waals surface area contributed by atoms with Gasteiger partial charge in [0.15, 0.2) is 0 Å². The van der Waals surface area contributed by atoms with Gasteiger partial charge in [0.1, 0.15) is 5.75 Å². The lowest BCUT2D eigenvalue weighted by Gasteiger charge is -2.19. The standard InChI is InChI=1S/C22H25F3O3/c1-3-5-13-28-19-11-9-16(10-12-19)20(15-21(26)27-4-2)17-7-6-8-18(14-17)22(23,24)25/h6-12,14,20H,3-5,13,15H2,1-2H3. The Kier molecular flexibility index (Phi) is 7.91. The average Bonchev–Trinajstić information content (AvgIpc) is 2.67. The molecule has 28 heavy (non-hydrogen) atoms. The highest BCUT2D eigenvalue weighted by atomic mass is 19.4. The van der Waals surface area contributed by atoms with Crippen molar-refractivity contribution in [2.45, 2.75) is 45.2 Å². The molecule has 1 atom stereocenters. The second-order valence-corrected chi connectivity index (χ2v) is 6.46. The lowest BCUT2D eigenvalue weighted by Crippen LogP contribution is -2.13. The first-order chi connectivity index (χ1) is 13.3. The molecule has 0 heterocycles. The zero-order valence-electron chi connectivity index (χ0n) is 16.1. The van der Waals surface area contributed by atoms with Gasteiger partial charge in [0, 0.05) is 5.92 Å². The smallest absolute Gasteiger partial charge is 0.416 e. The normalized spacial score (nSPS) is 12.5. The molecule has 0 aromatic heterocycles. The molecule has 152 valence electrons. The minimum atomic E-state index is -4.44. The summed E-state index contributed by atoms with van der Waals surface area (Å²) in [7, 11) is 0. The maximum absolute atomic E-state index is 13.1. The highest BCUT2D eigenvalue weighted by molar-refractivity contribution is 5.71. The molecule has 0 aliphatic rings. The number of halogens is 3. The molecule has 2 aromatic rings. The van der Waals surface area contributed by atoms with E-state index in [0.29, 0.717) is 17.9 Å². The van der Waals surface area contributed by atoms with Gasteiger partial charge in [0.05, 0.1) is 25.2 Å². The summed E-state index contributed by atoms with van der Waals surface area (Å²) in [6.07, 6.45) is -2.51. The van der Waals surface area contributed by atoms with Gasteiger partial charge in [-0.1, -0.05) is 43.7 Å². The largest absolute Gasteiger partial charge is 0.494 e. The minimum Gasteiger partial charge on any atom is -0.494 e. The fourth-order valence-corrected chi connectivity index (χ4v) is 2.88. The summed E-state index contributed by atoms with van der Waals surface area (Å²) in [5.41, 5.74) is 0.413. The van der Waals surface area contributed by atoms with Crippen LogP contribution in [0.25, 0.3) is 0 Å². The van der Waals surface area contributed by atoms with Gasteiger partial charge in [0.25, 0.3) is 0 Å². The molecule has 3 nitrogen and oxygen atoms in total. The monoisotopic (exact) mass is 394 g/mol. The highest BCUT2D eigenvalue weighted by Crippen LogP contribution is 2.35. The number of esters is 1. The van der Waals surface area contributed by atoms with E-state index >= 15 is 0 Å². The van der Waals surface area contributed by atoms with E-state index in [0.717, 1.165) is 30.5 Å². The van der Waals surface area contributed by atoms with Crippen LogP contribution in [0.4, 0.5) is 13.2 Å². The second kappa shape index (κ2) is 10.2. The van der Waals surface area contributed by atoms with Gasteiger partial charge in [-0.05, 0) is 42.7 Å². The SMILES string of the molecule is CCCCOc1ccc(C(CC(=O)OCC)c2cccc(C(F)(F)F)c2)cc1. The molecule has 0 saturated heterocycles. The molecule has 0 aliphatic heterocycles. The van der Waals surface area contributed by atoms with E-state index in [1.165, 1.54) is 6.07 Å². The average molecular weight is 394 g/mol. The Labute approximate surface area is 163 Å². The van der Waals surface area contributed by atoms with E-state index in [1.807, 2.05) is 0 Å². The molecule has 0 amide bonds. The zero-order chi connectivity index (χ0) is 20.6. The number of hydrogen-bond donors (Lipinski definition) is 0. The molecule has 0 bridgehead atoms. The Morgan fingerprint density at radius 3 is 2.36 bits per heavy atom. The molecule has 0 spiro atoms. The molecule has 0 aliphatic carbocycles. The number of carbonyl (C=O) groups excluding carboxylic acids is 1. The Balaban J connectivity index is 2.31. The van der Waals surface area contributed by atoms with Crippen molar-refractivity contribution in [2.75, 3.05) is 13.2 Å². The number of hydrogen-bond acceptors (Lipinski definition) is 3. The Morgan fingerprint density at radius 2 is 1.75 bits per heavy atom. The van der Waals surface area contributed by atoms with E-state index in [-0.39, 0.29) is 13.0 Å².